The Bertz CT molecular complexity index is 1300. The molecule has 3 rings (SSSR count). The standard InChI is InChI=1S/C22H20BrN3O6S/c1-15-7-12-18(13-21(15)26(28)29)33(30,31)25(16-8-10-17(32-2)11-9-16)14-22(27)24-20-6-4-3-5-19(20)23/h3-13H,14H2,1-2H3,(H,24,27). The largest absolute Gasteiger partial charge is 0.497 e. The van der Waals surface area contributed by atoms with Crippen molar-refractivity contribution in [2.24, 2.45) is 0 Å². The zero-order chi connectivity index (χ0) is 24.2. The van der Waals surface area contributed by atoms with Crippen LogP contribution in [0.1, 0.15) is 5.56 Å². The fourth-order valence-corrected chi connectivity index (χ4v) is 4.85. The minimum Gasteiger partial charge on any atom is -0.497 e. The number of anilines is 2. The summed E-state index contributed by atoms with van der Waals surface area (Å²) in [5.41, 5.74) is 0.659. The second kappa shape index (κ2) is 10.0. The molecule has 1 N–H and O–H groups in total. The first-order chi connectivity index (χ1) is 15.6. The molecule has 11 heteroatoms. The Kier molecular flexibility index (Phi) is 7.34. The predicted octanol–water partition coefficient (Wildman–Crippen LogP) is 4.51. The van der Waals surface area contributed by atoms with Gasteiger partial charge in [0.05, 0.1) is 28.3 Å². The number of carbonyl (C=O) groups excluding carboxylic acids is 1. The maximum Gasteiger partial charge on any atom is 0.273 e. The summed E-state index contributed by atoms with van der Waals surface area (Å²) in [6.45, 7) is 0.957. The quantitative estimate of drug-likeness (QED) is 0.336. The lowest BCUT2D eigenvalue weighted by molar-refractivity contribution is -0.385. The van der Waals surface area contributed by atoms with Gasteiger partial charge < -0.3 is 10.1 Å². The lowest BCUT2D eigenvalue weighted by Crippen LogP contribution is -2.38. The number of nitrogens with one attached hydrogen (secondary N) is 1. The highest BCUT2D eigenvalue weighted by Crippen LogP contribution is 2.29. The lowest BCUT2D eigenvalue weighted by atomic mass is 10.2. The van der Waals surface area contributed by atoms with Crippen LogP contribution in [-0.4, -0.2) is 32.9 Å². The highest BCUT2D eigenvalue weighted by atomic mass is 79.9. The summed E-state index contributed by atoms with van der Waals surface area (Å²) in [5, 5.41) is 14.0. The van der Waals surface area contributed by atoms with Crippen LogP contribution in [-0.2, 0) is 14.8 Å². The van der Waals surface area contributed by atoms with Gasteiger partial charge in [-0.1, -0.05) is 18.2 Å². The van der Waals surface area contributed by atoms with Crippen LogP contribution in [0.25, 0.3) is 0 Å². The van der Waals surface area contributed by atoms with Crippen molar-refractivity contribution < 1.29 is 22.9 Å². The van der Waals surface area contributed by atoms with Crippen LogP contribution in [0, 0.1) is 17.0 Å². The molecule has 3 aromatic carbocycles. The highest BCUT2D eigenvalue weighted by Gasteiger charge is 2.29. The minimum absolute atomic E-state index is 0.196. The van der Waals surface area contributed by atoms with Crippen LogP contribution < -0.4 is 14.4 Å². The maximum atomic E-state index is 13.5. The highest BCUT2D eigenvalue weighted by molar-refractivity contribution is 9.10. The van der Waals surface area contributed by atoms with Crippen molar-refractivity contribution in [1.29, 1.82) is 0 Å². The molecule has 9 nitrogen and oxygen atoms in total. The molecule has 0 aliphatic heterocycles. The van der Waals surface area contributed by atoms with Gasteiger partial charge in [-0.3, -0.25) is 19.2 Å². The summed E-state index contributed by atoms with van der Waals surface area (Å²) in [4.78, 5) is 23.2. The summed E-state index contributed by atoms with van der Waals surface area (Å²) < 4.78 is 33.7. The third kappa shape index (κ3) is 5.49. The number of halogens is 1. The Hall–Kier alpha value is -3.44. The van der Waals surface area contributed by atoms with Gasteiger partial charge in [0.1, 0.15) is 12.3 Å². The molecule has 0 radical (unpaired) electrons. The number of methoxy groups -OCH3 is 1. The molecule has 0 unspecified atom stereocenters. The van der Waals surface area contributed by atoms with Crippen molar-refractivity contribution in [3.63, 3.8) is 0 Å². The SMILES string of the molecule is COc1ccc(N(CC(=O)Nc2ccccc2Br)S(=O)(=O)c2ccc(C)c([N+](=O)[O-])c2)cc1. The molecule has 0 aliphatic rings. The molecule has 33 heavy (non-hydrogen) atoms. The summed E-state index contributed by atoms with van der Waals surface area (Å²) >= 11 is 3.33. The van der Waals surface area contributed by atoms with E-state index in [0.29, 0.717) is 21.5 Å². The van der Waals surface area contributed by atoms with Gasteiger partial charge in [-0.15, -0.1) is 0 Å². The molecule has 0 spiro atoms. The third-order valence-corrected chi connectivity index (χ3v) is 7.22. The minimum atomic E-state index is -4.33. The zero-order valence-corrected chi connectivity index (χ0v) is 20.1. The van der Waals surface area contributed by atoms with Crippen LogP contribution >= 0.6 is 15.9 Å². The molecule has 0 bridgehead atoms. The fourth-order valence-electron chi connectivity index (χ4n) is 3.02. The maximum absolute atomic E-state index is 13.5. The van der Waals surface area contributed by atoms with Gasteiger partial charge in [-0.25, -0.2) is 8.42 Å². The van der Waals surface area contributed by atoms with E-state index >= 15 is 0 Å². The molecule has 172 valence electrons. The number of hydrogen-bond acceptors (Lipinski definition) is 6. The van der Waals surface area contributed by atoms with E-state index in [1.807, 2.05) is 0 Å². The van der Waals surface area contributed by atoms with E-state index in [4.69, 9.17) is 4.74 Å². The first kappa shape index (κ1) is 24.2. The van der Waals surface area contributed by atoms with Crippen molar-refractivity contribution in [2.45, 2.75) is 11.8 Å². The molecule has 0 fully saturated rings. The summed E-state index contributed by atoms with van der Waals surface area (Å²) in [6.07, 6.45) is 0. The second-order valence-electron chi connectivity index (χ2n) is 6.94. The van der Waals surface area contributed by atoms with Gasteiger partial charge in [0.25, 0.3) is 15.7 Å². The van der Waals surface area contributed by atoms with Crippen molar-refractivity contribution in [1.82, 2.24) is 0 Å². The first-order valence-electron chi connectivity index (χ1n) is 9.59. The van der Waals surface area contributed by atoms with Gasteiger partial charge in [0.15, 0.2) is 0 Å². The van der Waals surface area contributed by atoms with Gasteiger partial charge in [-0.05, 0) is 65.3 Å². The van der Waals surface area contributed by atoms with E-state index in [9.17, 15) is 23.3 Å². The average Bonchev–Trinajstić information content (AvgIpc) is 2.79. The summed E-state index contributed by atoms with van der Waals surface area (Å²) in [5.74, 6) is -0.0948. The number of benzene rings is 3. The van der Waals surface area contributed by atoms with E-state index in [0.717, 1.165) is 10.4 Å². The molecule has 0 saturated heterocycles. The lowest BCUT2D eigenvalue weighted by Gasteiger charge is -2.24. The van der Waals surface area contributed by atoms with E-state index in [2.05, 4.69) is 21.2 Å². The smallest absolute Gasteiger partial charge is 0.273 e. The summed E-state index contributed by atoms with van der Waals surface area (Å²) in [7, 11) is -2.86. The Balaban J connectivity index is 2.02. The number of hydrogen-bond donors (Lipinski definition) is 1. The number of nitro groups is 1. The molecule has 0 aliphatic carbocycles. The summed E-state index contributed by atoms with van der Waals surface area (Å²) in [6, 6.07) is 16.6. The predicted molar refractivity (Wildman–Crippen MR) is 128 cm³/mol. The van der Waals surface area contributed by atoms with Crippen LogP contribution in [0.3, 0.4) is 0 Å². The van der Waals surface area contributed by atoms with E-state index in [1.54, 1.807) is 36.4 Å². The third-order valence-electron chi connectivity index (χ3n) is 4.76. The topological polar surface area (TPSA) is 119 Å². The van der Waals surface area contributed by atoms with Gasteiger partial charge >= 0.3 is 0 Å². The number of amides is 1. The van der Waals surface area contributed by atoms with Crippen molar-refractivity contribution >= 4 is 48.9 Å². The van der Waals surface area contributed by atoms with E-state index in [-0.39, 0.29) is 16.3 Å². The Morgan fingerprint density at radius 1 is 1.12 bits per heavy atom. The molecule has 3 aromatic rings. The first-order valence-corrected chi connectivity index (χ1v) is 11.8. The average molecular weight is 534 g/mol. The van der Waals surface area contributed by atoms with Crippen LogP contribution in [0.5, 0.6) is 5.75 Å². The van der Waals surface area contributed by atoms with Crippen LogP contribution in [0.2, 0.25) is 0 Å². The number of ether oxygens (including phenoxy) is 1. The molecule has 0 heterocycles. The Morgan fingerprint density at radius 2 is 1.79 bits per heavy atom. The van der Waals surface area contributed by atoms with Crippen LogP contribution in [0.4, 0.5) is 17.1 Å². The Morgan fingerprint density at radius 3 is 2.39 bits per heavy atom. The number of rotatable bonds is 8. The van der Waals surface area contributed by atoms with Gasteiger partial charge in [-0.2, -0.15) is 0 Å². The molecular formula is C22H20BrN3O6S. The van der Waals surface area contributed by atoms with Crippen molar-refractivity contribution in [2.75, 3.05) is 23.3 Å². The van der Waals surface area contributed by atoms with Gasteiger partial charge in [0, 0.05) is 16.1 Å². The molecule has 0 aromatic heterocycles. The molecule has 1 amide bonds. The normalized spacial score (nSPS) is 11.0. The second-order valence-corrected chi connectivity index (χ2v) is 9.66. The van der Waals surface area contributed by atoms with E-state index < -0.39 is 27.4 Å². The number of sulfonamides is 1. The molecule has 0 atom stereocenters. The number of aryl methyl sites for hydroxylation is 1. The number of nitro benzene ring substituents is 1. The molecular weight excluding hydrogens is 514 g/mol. The number of para-hydroxylation sites is 1. The van der Waals surface area contributed by atoms with E-state index in [1.165, 1.54) is 38.3 Å². The number of nitrogens with zero attached hydrogens (tertiary/aromatic N) is 2. The number of carbonyl (C=O) groups is 1. The van der Waals surface area contributed by atoms with Crippen LogP contribution in [0.15, 0.2) is 76.1 Å². The monoisotopic (exact) mass is 533 g/mol. The zero-order valence-electron chi connectivity index (χ0n) is 17.7. The van der Waals surface area contributed by atoms with Gasteiger partial charge in [0.2, 0.25) is 5.91 Å². The van der Waals surface area contributed by atoms with Crippen molar-refractivity contribution in [3.05, 3.63) is 86.9 Å². The fraction of sp³-hybridized carbons (Fsp3) is 0.136. The van der Waals surface area contributed by atoms with Crippen molar-refractivity contribution in [3.8, 4) is 5.75 Å². The molecule has 0 saturated carbocycles. The Labute approximate surface area is 199 Å².